The van der Waals surface area contributed by atoms with Gasteiger partial charge in [-0.1, -0.05) is 53.0 Å². The molecule has 0 N–H and O–H groups in total. The van der Waals surface area contributed by atoms with Gasteiger partial charge in [0, 0.05) is 4.47 Å². The summed E-state index contributed by atoms with van der Waals surface area (Å²) in [7, 11) is 0. The molecular weight excluding hydrogens is 328 g/mol. The second-order valence-corrected chi connectivity index (χ2v) is 5.58. The Bertz CT molecular complexity index is 595. The summed E-state index contributed by atoms with van der Waals surface area (Å²) in [6, 6.07) is 7.94. The van der Waals surface area contributed by atoms with Gasteiger partial charge in [-0.25, -0.2) is 4.68 Å². The van der Waals surface area contributed by atoms with Crippen LogP contribution in [0.15, 0.2) is 28.7 Å². The van der Waals surface area contributed by atoms with Crippen LogP contribution in [0.2, 0.25) is 5.15 Å². The van der Waals surface area contributed by atoms with Crippen LogP contribution >= 0.6 is 27.5 Å². The second-order valence-electron chi connectivity index (χ2n) is 4.31. The number of hydrogen-bond acceptors (Lipinski definition) is 2. The van der Waals surface area contributed by atoms with Crippen molar-refractivity contribution in [3.05, 3.63) is 50.7 Å². The molecule has 1 heterocycles. The molecule has 1 aromatic carbocycles. The van der Waals surface area contributed by atoms with E-state index in [-0.39, 0.29) is 0 Å². The highest BCUT2D eigenvalue weighted by atomic mass is 79.9. The van der Waals surface area contributed by atoms with E-state index in [4.69, 9.17) is 11.6 Å². The van der Waals surface area contributed by atoms with Crippen LogP contribution in [0.4, 0.5) is 0 Å². The van der Waals surface area contributed by atoms with Crippen molar-refractivity contribution in [1.29, 1.82) is 0 Å². The largest absolute Gasteiger partial charge is 0.298 e. The Hall–Kier alpha value is -1.13. The second kappa shape index (κ2) is 6.35. The Morgan fingerprint density at radius 2 is 2.26 bits per heavy atom. The van der Waals surface area contributed by atoms with Crippen LogP contribution in [0.25, 0.3) is 0 Å². The fourth-order valence-corrected chi connectivity index (χ4v) is 2.65. The molecule has 5 heteroatoms. The van der Waals surface area contributed by atoms with Gasteiger partial charge in [-0.3, -0.25) is 4.79 Å². The van der Waals surface area contributed by atoms with Gasteiger partial charge in [0.2, 0.25) is 0 Å². The van der Waals surface area contributed by atoms with Gasteiger partial charge in [0.05, 0.1) is 17.8 Å². The number of aryl methyl sites for hydroxylation is 1. The van der Waals surface area contributed by atoms with Gasteiger partial charge in [-0.2, -0.15) is 5.10 Å². The topological polar surface area (TPSA) is 34.9 Å². The number of nitrogens with zero attached hydrogens (tertiary/aromatic N) is 2. The fourth-order valence-electron chi connectivity index (χ4n) is 1.95. The van der Waals surface area contributed by atoms with E-state index in [2.05, 4.69) is 28.0 Å². The van der Waals surface area contributed by atoms with E-state index >= 15 is 0 Å². The SMILES string of the molecule is CCCc1nn(Cc2cccc(Br)c2)c(Cl)c1C=O. The van der Waals surface area contributed by atoms with E-state index in [9.17, 15) is 4.79 Å². The molecule has 100 valence electrons. The highest BCUT2D eigenvalue weighted by molar-refractivity contribution is 9.10. The minimum Gasteiger partial charge on any atom is -0.298 e. The van der Waals surface area contributed by atoms with Crippen LogP contribution in [-0.4, -0.2) is 16.1 Å². The fraction of sp³-hybridized carbons (Fsp3) is 0.286. The number of hydrogen-bond donors (Lipinski definition) is 0. The molecule has 0 radical (unpaired) electrons. The summed E-state index contributed by atoms with van der Waals surface area (Å²) >= 11 is 9.65. The molecule has 1 aromatic heterocycles. The van der Waals surface area contributed by atoms with Gasteiger partial charge in [-0.05, 0) is 24.1 Å². The molecule has 0 atom stereocenters. The molecule has 2 aromatic rings. The van der Waals surface area contributed by atoms with Gasteiger partial charge in [-0.15, -0.1) is 0 Å². The monoisotopic (exact) mass is 340 g/mol. The third kappa shape index (κ3) is 3.25. The van der Waals surface area contributed by atoms with E-state index in [0.717, 1.165) is 34.9 Å². The van der Waals surface area contributed by atoms with Crippen molar-refractivity contribution in [2.24, 2.45) is 0 Å². The van der Waals surface area contributed by atoms with Gasteiger partial charge in [0.25, 0.3) is 0 Å². The van der Waals surface area contributed by atoms with Crippen LogP contribution in [0, 0.1) is 0 Å². The number of carbonyl (C=O) groups is 1. The van der Waals surface area contributed by atoms with Crippen molar-refractivity contribution in [3.8, 4) is 0 Å². The van der Waals surface area contributed by atoms with Gasteiger partial charge in [0.1, 0.15) is 5.15 Å². The van der Waals surface area contributed by atoms with Crippen LogP contribution < -0.4 is 0 Å². The summed E-state index contributed by atoms with van der Waals surface area (Å²) < 4.78 is 2.69. The molecule has 0 aliphatic heterocycles. The lowest BCUT2D eigenvalue weighted by Gasteiger charge is -2.04. The Balaban J connectivity index is 2.32. The maximum Gasteiger partial charge on any atom is 0.155 e. The molecule has 0 saturated carbocycles. The number of rotatable bonds is 5. The smallest absolute Gasteiger partial charge is 0.155 e. The summed E-state index contributed by atoms with van der Waals surface area (Å²) in [5.41, 5.74) is 2.37. The Morgan fingerprint density at radius 1 is 1.47 bits per heavy atom. The lowest BCUT2D eigenvalue weighted by molar-refractivity contribution is 0.112. The van der Waals surface area contributed by atoms with Gasteiger partial charge >= 0.3 is 0 Å². The van der Waals surface area contributed by atoms with E-state index in [1.165, 1.54) is 0 Å². The molecule has 3 nitrogen and oxygen atoms in total. The van der Waals surface area contributed by atoms with Crippen molar-refractivity contribution in [3.63, 3.8) is 0 Å². The maximum atomic E-state index is 11.1. The Morgan fingerprint density at radius 3 is 2.89 bits per heavy atom. The van der Waals surface area contributed by atoms with Gasteiger partial charge in [0.15, 0.2) is 6.29 Å². The molecule has 0 saturated heterocycles. The van der Waals surface area contributed by atoms with Crippen molar-refractivity contribution >= 4 is 33.8 Å². The average molecular weight is 342 g/mol. The third-order valence-corrected chi connectivity index (χ3v) is 3.72. The molecule has 0 unspecified atom stereocenters. The van der Waals surface area contributed by atoms with Crippen molar-refractivity contribution in [2.75, 3.05) is 0 Å². The zero-order chi connectivity index (χ0) is 13.8. The molecule has 0 fully saturated rings. The van der Waals surface area contributed by atoms with E-state index in [0.29, 0.717) is 17.3 Å². The predicted octanol–water partition coefficient (Wildman–Crippen LogP) is 4.11. The molecule has 0 amide bonds. The molecule has 0 spiro atoms. The highest BCUT2D eigenvalue weighted by Crippen LogP contribution is 2.21. The highest BCUT2D eigenvalue weighted by Gasteiger charge is 2.15. The predicted molar refractivity (Wildman–Crippen MR) is 79.9 cm³/mol. The normalized spacial score (nSPS) is 10.7. The molecule has 0 aliphatic rings. The quantitative estimate of drug-likeness (QED) is 0.767. The number of carbonyl (C=O) groups excluding carboxylic acids is 1. The summed E-state index contributed by atoms with van der Waals surface area (Å²) in [6.45, 7) is 2.61. The standard InChI is InChI=1S/C14H14BrClN2O/c1-2-4-13-12(9-19)14(16)18(17-13)8-10-5-3-6-11(15)7-10/h3,5-7,9H,2,4,8H2,1H3. The zero-order valence-electron chi connectivity index (χ0n) is 10.6. The first-order chi connectivity index (χ1) is 9.15. The molecule has 2 rings (SSSR count). The number of benzene rings is 1. The van der Waals surface area contributed by atoms with Crippen LogP contribution in [0.1, 0.15) is 35.0 Å². The van der Waals surface area contributed by atoms with E-state index < -0.39 is 0 Å². The van der Waals surface area contributed by atoms with Crippen LogP contribution in [0.5, 0.6) is 0 Å². The number of aromatic nitrogens is 2. The first-order valence-electron chi connectivity index (χ1n) is 6.10. The molecule has 19 heavy (non-hydrogen) atoms. The number of aldehydes is 1. The average Bonchev–Trinajstić information content (AvgIpc) is 2.66. The molecule has 0 bridgehead atoms. The van der Waals surface area contributed by atoms with E-state index in [1.807, 2.05) is 24.3 Å². The van der Waals surface area contributed by atoms with Crippen molar-refractivity contribution in [1.82, 2.24) is 9.78 Å². The first-order valence-corrected chi connectivity index (χ1v) is 7.27. The summed E-state index contributed by atoms with van der Waals surface area (Å²) in [4.78, 5) is 11.1. The third-order valence-electron chi connectivity index (χ3n) is 2.83. The zero-order valence-corrected chi connectivity index (χ0v) is 12.9. The summed E-state index contributed by atoms with van der Waals surface area (Å²) in [6.07, 6.45) is 2.49. The van der Waals surface area contributed by atoms with Crippen molar-refractivity contribution in [2.45, 2.75) is 26.3 Å². The first kappa shape index (κ1) is 14.3. The molecular formula is C14H14BrClN2O. The Labute approximate surface area is 125 Å². The summed E-state index contributed by atoms with van der Waals surface area (Å²) in [5, 5.41) is 4.85. The molecule has 0 aliphatic carbocycles. The Kier molecular flexibility index (Phi) is 4.77. The summed E-state index contributed by atoms with van der Waals surface area (Å²) in [5.74, 6) is 0. The lowest BCUT2D eigenvalue weighted by Crippen LogP contribution is -2.02. The van der Waals surface area contributed by atoms with Crippen molar-refractivity contribution < 1.29 is 4.79 Å². The minimum atomic E-state index is 0.415. The van der Waals surface area contributed by atoms with Crippen LogP contribution in [-0.2, 0) is 13.0 Å². The van der Waals surface area contributed by atoms with Crippen LogP contribution in [0.3, 0.4) is 0 Å². The van der Waals surface area contributed by atoms with Gasteiger partial charge < -0.3 is 0 Å². The van der Waals surface area contributed by atoms with E-state index in [1.54, 1.807) is 4.68 Å². The minimum absolute atomic E-state index is 0.415. The lowest BCUT2D eigenvalue weighted by atomic mass is 10.2. The maximum absolute atomic E-state index is 11.1. The number of halogens is 2.